The lowest BCUT2D eigenvalue weighted by Crippen LogP contribution is -2.54. The molecule has 1 aliphatic rings. The SMILES string of the molecule is C[C@H]1CN(c2ccc(S(=O)(=O)Nc3nccs3)cc2)CCN1C(=O)Cn1ccc2ccc(Cl)cc21. The molecule has 0 radical (unpaired) electrons. The zero-order valence-electron chi connectivity index (χ0n) is 19.0. The Morgan fingerprint density at radius 1 is 1.17 bits per heavy atom. The minimum Gasteiger partial charge on any atom is -0.368 e. The Morgan fingerprint density at radius 3 is 2.69 bits per heavy atom. The fourth-order valence-electron chi connectivity index (χ4n) is 4.38. The van der Waals surface area contributed by atoms with Crippen LogP contribution >= 0.6 is 22.9 Å². The number of thiazole rings is 1. The van der Waals surface area contributed by atoms with Crippen molar-refractivity contribution < 1.29 is 13.2 Å². The second-order valence-corrected chi connectivity index (χ2v) is 11.5. The van der Waals surface area contributed by atoms with Crippen LogP contribution in [0.2, 0.25) is 5.02 Å². The number of rotatable bonds is 6. The summed E-state index contributed by atoms with van der Waals surface area (Å²) in [5, 5.41) is 3.74. The number of halogens is 1. The van der Waals surface area contributed by atoms with Crippen molar-refractivity contribution in [1.82, 2.24) is 14.5 Å². The summed E-state index contributed by atoms with van der Waals surface area (Å²) in [7, 11) is -3.69. The van der Waals surface area contributed by atoms with Gasteiger partial charge in [-0.05, 0) is 54.8 Å². The predicted octanol–water partition coefficient (Wildman–Crippen LogP) is 4.29. The summed E-state index contributed by atoms with van der Waals surface area (Å²) < 4.78 is 29.6. The van der Waals surface area contributed by atoms with Gasteiger partial charge in [-0.15, -0.1) is 11.3 Å². The molecule has 1 aliphatic heterocycles. The number of nitrogens with zero attached hydrogens (tertiary/aromatic N) is 4. The number of amides is 1. The van der Waals surface area contributed by atoms with Crippen LogP contribution in [0.4, 0.5) is 10.8 Å². The van der Waals surface area contributed by atoms with E-state index in [1.807, 2.05) is 46.9 Å². The summed E-state index contributed by atoms with van der Waals surface area (Å²) in [5.74, 6) is 0.0596. The highest BCUT2D eigenvalue weighted by atomic mass is 35.5. The van der Waals surface area contributed by atoms with Gasteiger partial charge in [0, 0.05) is 59.7 Å². The molecule has 3 heterocycles. The average molecular weight is 530 g/mol. The maximum Gasteiger partial charge on any atom is 0.263 e. The summed E-state index contributed by atoms with van der Waals surface area (Å²) in [6.07, 6.45) is 3.46. The third kappa shape index (κ3) is 5.00. The van der Waals surface area contributed by atoms with Gasteiger partial charge in [0.05, 0.1) is 4.90 Å². The Balaban J connectivity index is 1.23. The van der Waals surface area contributed by atoms with Crippen LogP contribution in [-0.2, 0) is 21.4 Å². The summed E-state index contributed by atoms with van der Waals surface area (Å²) in [4.78, 5) is 21.3. The third-order valence-corrected chi connectivity index (χ3v) is 8.56. The highest BCUT2D eigenvalue weighted by molar-refractivity contribution is 7.93. The quantitative estimate of drug-likeness (QED) is 0.402. The van der Waals surface area contributed by atoms with Crippen LogP contribution < -0.4 is 9.62 Å². The second kappa shape index (κ2) is 9.52. The number of carbonyl (C=O) groups is 1. The fraction of sp³-hybridized carbons (Fsp3) is 0.250. The molecule has 1 atom stereocenters. The molecule has 2 aromatic heterocycles. The smallest absolute Gasteiger partial charge is 0.263 e. The van der Waals surface area contributed by atoms with Crippen molar-refractivity contribution >= 4 is 60.6 Å². The van der Waals surface area contributed by atoms with E-state index in [9.17, 15) is 13.2 Å². The number of hydrogen-bond donors (Lipinski definition) is 1. The van der Waals surface area contributed by atoms with Crippen LogP contribution in [-0.4, -0.2) is 54.5 Å². The molecule has 1 N–H and O–H groups in total. The predicted molar refractivity (Wildman–Crippen MR) is 140 cm³/mol. The van der Waals surface area contributed by atoms with Gasteiger partial charge in [0.15, 0.2) is 5.13 Å². The zero-order valence-corrected chi connectivity index (χ0v) is 21.4. The van der Waals surface area contributed by atoms with Crippen molar-refractivity contribution in [3.8, 4) is 0 Å². The average Bonchev–Trinajstić information content (AvgIpc) is 3.48. The Bertz CT molecular complexity index is 1450. The van der Waals surface area contributed by atoms with E-state index in [0.29, 0.717) is 29.8 Å². The van der Waals surface area contributed by atoms with E-state index in [1.54, 1.807) is 35.8 Å². The minimum absolute atomic E-state index is 0.0108. The number of anilines is 2. The normalized spacial score (nSPS) is 16.6. The first-order valence-corrected chi connectivity index (χ1v) is 13.9. The molecule has 5 rings (SSSR count). The standard InChI is InChI=1S/C24H24ClN5O3S2/c1-17-15-28(20-4-6-21(7-5-20)35(32,33)27-24-26-9-13-34-24)11-12-30(17)23(31)16-29-10-8-18-2-3-19(25)14-22(18)29/h2-10,13-14,17H,11-12,15-16H2,1H3,(H,26,27)/t17-/m0/s1. The van der Waals surface area contributed by atoms with Crippen LogP contribution in [0.5, 0.6) is 0 Å². The Kier molecular flexibility index (Phi) is 6.43. The second-order valence-electron chi connectivity index (χ2n) is 8.47. The molecule has 11 heteroatoms. The zero-order chi connectivity index (χ0) is 24.6. The molecule has 1 amide bonds. The highest BCUT2D eigenvalue weighted by Gasteiger charge is 2.28. The number of hydrogen-bond acceptors (Lipinski definition) is 6. The van der Waals surface area contributed by atoms with Gasteiger partial charge >= 0.3 is 0 Å². The maximum absolute atomic E-state index is 13.1. The molecule has 0 unspecified atom stereocenters. The van der Waals surface area contributed by atoms with E-state index in [4.69, 9.17) is 11.6 Å². The lowest BCUT2D eigenvalue weighted by atomic mass is 10.1. The lowest BCUT2D eigenvalue weighted by Gasteiger charge is -2.41. The molecular formula is C24H24ClN5O3S2. The fourth-order valence-corrected chi connectivity index (χ4v) is 6.33. The number of sulfonamides is 1. The Hall–Kier alpha value is -3.08. The Labute approximate surface area is 212 Å². The summed E-state index contributed by atoms with van der Waals surface area (Å²) in [6, 6.07) is 14.5. The van der Waals surface area contributed by atoms with Crippen LogP contribution in [0.25, 0.3) is 10.9 Å². The number of carbonyl (C=O) groups excluding carboxylic acids is 1. The molecule has 0 aliphatic carbocycles. The van der Waals surface area contributed by atoms with Gasteiger partial charge in [-0.3, -0.25) is 9.52 Å². The maximum atomic E-state index is 13.1. The molecule has 35 heavy (non-hydrogen) atoms. The van der Waals surface area contributed by atoms with Crippen molar-refractivity contribution in [2.45, 2.75) is 24.4 Å². The van der Waals surface area contributed by atoms with Crippen molar-refractivity contribution in [1.29, 1.82) is 0 Å². The first-order valence-electron chi connectivity index (χ1n) is 11.1. The number of benzene rings is 2. The van der Waals surface area contributed by atoms with Crippen molar-refractivity contribution in [2.75, 3.05) is 29.3 Å². The van der Waals surface area contributed by atoms with Gasteiger partial charge in [0.25, 0.3) is 10.0 Å². The van der Waals surface area contributed by atoms with Gasteiger partial charge in [-0.25, -0.2) is 13.4 Å². The summed E-state index contributed by atoms with van der Waals surface area (Å²) in [6.45, 7) is 4.20. The van der Waals surface area contributed by atoms with Crippen LogP contribution in [0.15, 0.2) is 71.2 Å². The molecule has 0 spiro atoms. The number of piperazine rings is 1. The number of fused-ring (bicyclic) bond motifs is 1. The Morgan fingerprint density at radius 2 is 1.97 bits per heavy atom. The molecule has 0 saturated carbocycles. The van der Waals surface area contributed by atoms with E-state index in [0.717, 1.165) is 16.6 Å². The molecule has 0 bridgehead atoms. The monoisotopic (exact) mass is 529 g/mol. The van der Waals surface area contributed by atoms with Gasteiger partial charge in [0.1, 0.15) is 6.54 Å². The van der Waals surface area contributed by atoms with Crippen LogP contribution in [0.3, 0.4) is 0 Å². The molecular weight excluding hydrogens is 506 g/mol. The third-order valence-electron chi connectivity index (χ3n) is 6.16. The lowest BCUT2D eigenvalue weighted by molar-refractivity contribution is -0.134. The van der Waals surface area contributed by atoms with Gasteiger partial charge < -0.3 is 14.4 Å². The molecule has 182 valence electrons. The number of nitrogens with one attached hydrogen (secondary N) is 1. The van der Waals surface area contributed by atoms with Crippen molar-refractivity contribution in [3.05, 3.63) is 71.3 Å². The van der Waals surface area contributed by atoms with E-state index in [1.165, 1.54) is 11.3 Å². The first-order chi connectivity index (χ1) is 16.8. The van der Waals surface area contributed by atoms with E-state index in [2.05, 4.69) is 14.6 Å². The molecule has 1 fully saturated rings. The number of aromatic nitrogens is 2. The largest absolute Gasteiger partial charge is 0.368 e. The van der Waals surface area contributed by atoms with Gasteiger partial charge in [-0.1, -0.05) is 17.7 Å². The minimum atomic E-state index is -3.69. The molecule has 1 saturated heterocycles. The van der Waals surface area contributed by atoms with Crippen molar-refractivity contribution in [2.24, 2.45) is 0 Å². The van der Waals surface area contributed by atoms with Gasteiger partial charge in [-0.2, -0.15) is 0 Å². The van der Waals surface area contributed by atoms with Gasteiger partial charge in [0.2, 0.25) is 5.91 Å². The molecule has 2 aromatic carbocycles. The summed E-state index contributed by atoms with van der Waals surface area (Å²) in [5.41, 5.74) is 1.86. The summed E-state index contributed by atoms with van der Waals surface area (Å²) >= 11 is 7.37. The molecule has 4 aromatic rings. The van der Waals surface area contributed by atoms with Crippen molar-refractivity contribution in [3.63, 3.8) is 0 Å². The molecule has 8 nitrogen and oxygen atoms in total. The van der Waals surface area contributed by atoms with E-state index >= 15 is 0 Å². The highest BCUT2D eigenvalue weighted by Crippen LogP contribution is 2.25. The van der Waals surface area contributed by atoms with E-state index in [-0.39, 0.29) is 23.4 Å². The van der Waals surface area contributed by atoms with Crippen LogP contribution in [0.1, 0.15) is 6.92 Å². The van der Waals surface area contributed by atoms with Crippen LogP contribution in [0, 0.1) is 0 Å². The van der Waals surface area contributed by atoms with E-state index < -0.39 is 10.0 Å². The first kappa shape index (κ1) is 23.7. The topological polar surface area (TPSA) is 87.5 Å².